The minimum absolute atomic E-state index is 0.0818. The summed E-state index contributed by atoms with van der Waals surface area (Å²) in [6.07, 6.45) is 4.45. The molecule has 14 nitrogen and oxygen atoms in total. The van der Waals surface area contributed by atoms with Crippen LogP contribution in [-0.2, 0) is 25.5 Å². The van der Waals surface area contributed by atoms with Crippen molar-refractivity contribution < 1.29 is 32.7 Å². The van der Waals surface area contributed by atoms with Crippen molar-refractivity contribution in [2.75, 3.05) is 80.0 Å². The van der Waals surface area contributed by atoms with Crippen molar-refractivity contribution in [1.29, 1.82) is 0 Å². The summed E-state index contributed by atoms with van der Waals surface area (Å²) in [5.74, 6) is -1.44. The van der Waals surface area contributed by atoms with E-state index in [9.17, 15) is 28.0 Å². The zero-order valence-electron chi connectivity index (χ0n) is 36.3. The van der Waals surface area contributed by atoms with Gasteiger partial charge < -0.3 is 35.9 Å². The van der Waals surface area contributed by atoms with Crippen molar-refractivity contribution in [3.8, 4) is 0 Å². The average Bonchev–Trinajstić information content (AvgIpc) is 3.68. The number of nitrogens with one attached hydrogen (secondary N) is 6. The van der Waals surface area contributed by atoms with E-state index in [1.54, 1.807) is 0 Å². The van der Waals surface area contributed by atoms with Gasteiger partial charge in [-0.3, -0.25) is 29.4 Å². The molecule has 6 heterocycles. The lowest BCUT2D eigenvalue weighted by Crippen LogP contribution is -2.69. The SMILES string of the molecule is O=C(NC1NNc2ccc(Cc3cc(F)cc(F)c3)cc21)c1ccc(N2CCN(C(=O)CN3CCC(c4ccc(NC56CC(C5)C(=O)NC6=O)cc4)CC3)CC2)cc1NC1CCOCC1. The number of rotatable bonds is 12. The van der Waals surface area contributed by atoms with Crippen molar-refractivity contribution in [1.82, 2.24) is 25.9 Å². The summed E-state index contributed by atoms with van der Waals surface area (Å²) in [7, 11) is 0. The number of halogens is 2. The highest BCUT2D eigenvalue weighted by atomic mass is 19.1. The summed E-state index contributed by atoms with van der Waals surface area (Å²) >= 11 is 0. The second kappa shape index (κ2) is 18.1. The first-order valence-corrected chi connectivity index (χ1v) is 22.9. The fraction of sp³-hybridized carbons (Fsp3) is 0.429. The van der Waals surface area contributed by atoms with E-state index in [2.05, 4.69) is 54.1 Å². The molecule has 5 saturated heterocycles. The number of carbonyl (C=O) groups excluding carboxylic acids is 4. The number of hydrazine groups is 1. The van der Waals surface area contributed by atoms with E-state index in [1.165, 1.54) is 17.7 Å². The summed E-state index contributed by atoms with van der Waals surface area (Å²) in [6, 6.07) is 23.6. The number of hydrogen-bond donors (Lipinski definition) is 6. The zero-order chi connectivity index (χ0) is 44.7. The minimum Gasteiger partial charge on any atom is -0.381 e. The Balaban J connectivity index is 0.728. The Morgan fingerprint density at radius 1 is 0.785 bits per heavy atom. The molecule has 1 aliphatic carbocycles. The lowest BCUT2D eigenvalue weighted by Gasteiger charge is -2.50. The van der Waals surface area contributed by atoms with Crippen LogP contribution in [0, 0.1) is 17.6 Å². The third-order valence-corrected chi connectivity index (χ3v) is 14.2. The molecule has 6 N–H and O–H groups in total. The number of nitrogens with zero attached hydrogens (tertiary/aromatic N) is 3. The number of likely N-dealkylation sites (tertiary alicyclic amines) is 1. The van der Waals surface area contributed by atoms with E-state index in [1.807, 2.05) is 53.4 Å². The Kier molecular flexibility index (Phi) is 11.9. The monoisotopic (exact) mass is 887 g/mol. The molecule has 11 rings (SSSR count). The molecule has 4 aromatic rings. The molecular formula is C49H55F2N9O5. The van der Waals surface area contributed by atoms with Crippen LogP contribution in [0.15, 0.2) is 78.9 Å². The first-order chi connectivity index (χ1) is 31.5. The number of hydrogen-bond acceptors (Lipinski definition) is 11. The van der Waals surface area contributed by atoms with Crippen LogP contribution in [-0.4, -0.2) is 104 Å². The highest BCUT2D eigenvalue weighted by Gasteiger charge is 2.57. The molecular weight excluding hydrogens is 833 g/mol. The molecule has 16 heteroatoms. The quantitative estimate of drug-likeness (QED) is 0.103. The van der Waals surface area contributed by atoms with Gasteiger partial charge in [0.05, 0.1) is 17.8 Å². The number of benzene rings is 4. The molecule has 2 bridgehead atoms. The molecule has 1 unspecified atom stereocenters. The van der Waals surface area contributed by atoms with Crippen LogP contribution >= 0.6 is 0 Å². The Labute approximate surface area is 376 Å². The number of imide groups is 1. The molecule has 0 radical (unpaired) electrons. The van der Waals surface area contributed by atoms with Crippen molar-refractivity contribution >= 4 is 46.4 Å². The largest absolute Gasteiger partial charge is 0.381 e. The van der Waals surface area contributed by atoms with Gasteiger partial charge in [0.2, 0.25) is 11.8 Å². The first-order valence-electron chi connectivity index (χ1n) is 22.9. The fourth-order valence-corrected chi connectivity index (χ4v) is 10.4. The summed E-state index contributed by atoms with van der Waals surface area (Å²) in [5, 5.41) is 12.7. The Bertz CT molecular complexity index is 2440. The van der Waals surface area contributed by atoms with Gasteiger partial charge in [0.15, 0.2) is 0 Å². The van der Waals surface area contributed by atoms with E-state index in [0.29, 0.717) is 82.2 Å². The molecule has 340 valence electrons. The molecule has 1 saturated carbocycles. The van der Waals surface area contributed by atoms with Gasteiger partial charge in [0.1, 0.15) is 23.3 Å². The number of ether oxygens (including phenoxy) is 1. The summed E-state index contributed by atoms with van der Waals surface area (Å²) in [5.41, 5.74) is 13.0. The lowest BCUT2D eigenvalue weighted by atomic mass is 9.64. The van der Waals surface area contributed by atoms with Gasteiger partial charge in [-0.15, -0.1) is 0 Å². The summed E-state index contributed by atoms with van der Waals surface area (Å²) in [4.78, 5) is 58.5. The summed E-state index contributed by atoms with van der Waals surface area (Å²) < 4.78 is 33.4. The highest BCUT2D eigenvalue weighted by molar-refractivity contribution is 6.08. The number of carbonyl (C=O) groups is 4. The number of fused-ring (bicyclic) bond motifs is 3. The molecule has 4 aromatic carbocycles. The topological polar surface area (TPSA) is 159 Å². The molecule has 1 atom stereocenters. The number of anilines is 4. The van der Waals surface area contributed by atoms with Crippen molar-refractivity contribution in [3.05, 3.63) is 118 Å². The highest BCUT2D eigenvalue weighted by Crippen LogP contribution is 2.44. The number of amides is 4. The predicted octanol–water partition coefficient (Wildman–Crippen LogP) is 5.25. The van der Waals surface area contributed by atoms with E-state index >= 15 is 0 Å². The van der Waals surface area contributed by atoms with Crippen LogP contribution in [0.5, 0.6) is 0 Å². The van der Waals surface area contributed by atoms with Crippen molar-refractivity contribution in [2.45, 2.75) is 68.6 Å². The van der Waals surface area contributed by atoms with Crippen molar-refractivity contribution in [2.24, 2.45) is 5.92 Å². The van der Waals surface area contributed by atoms with Gasteiger partial charge in [0.25, 0.3) is 11.8 Å². The Morgan fingerprint density at radius 3 is 2.25 bits per heavy atom. The van der Waals surface area contributed by atoms with E-state index in [0.717, 1.165) is 78.7 Å². The molecule has 6 aliphatic heterocycles. The summed E-state index contributed by atoms with van der Waals surface area (Å²) in [6.45, 7) is 5.94. The van der Waals surface area contributed by atoms with Gasteiger partial charge in [-0.25, -0.2) is 14.2 Å². The van der Waals surface area contributed by atoms with Gasteiger partial charge in [-0.1, -0.05) is 18.2 Å². The molecule has 4 amide bonds. The van der Waals surface area contributed by atoms with Gasteiger partial charge >= 0.3 is 0 Å². The molecule has 65 heavy (non-hydrogen) atoms. The van der Waals surface area contributed by atoms with E-state index in [-0.39, 0.29) is 35.6 Å². The van der Waals surface area contributed by atoms with Crippen LogP contribution in [0.1, 0.15) is 83.2 Å². The third kappa shape index (κ3) is 9.24. The first kappa shape index (κ1) is 42.8. The van der Waals surface area contributed by atoms with Crippen molar-refractivity contribution in [3.63, 3.8) is 0 Å². The third-order valence-electron chi connectivity index (χ3n) is 14.2. The van der Waals surface area contributed by atoms with Crippen LogP contribution in [0.3, 0.4) is 0 Å². The second-order valence-electron chi connectivity index (χ2n) is 18.5. The molecule has 7 aliphatic rings. The van der Waals surface area contributed by atoms with E-state index in [4.69, 9.17) is 4.74 Å². The Morgan fingerprint density at radius 2 is 1.52 bits per heavy atom. The zero-order valence-corrected chi connectivity index (χ0v) is 36.3. The van der Waals surface area contributed by atoms with Crippen LogP contribution in [0.2, 0.25) is 0 Å². The molecule has 0 aromatic heterocycles. The van der Waals surface area contributed by atoms with E-state index < -0.39 is 23.3 Å². The fourth-order valence-electron chi connectivity index (χ4n) is 10.4. The maximum Gasteiger partial charge on any atom is 0.254 e. The van der Waals surface area contributed by atoms with Gasteiger partial charge in [-0.05, 0) is 135 Å². The lowest BCUT2D eigenvalue weighted by molar-refractivity contribution is -0.149. The Hall–Kier alpha value is -6.10. The predicted molar refractivity (Wildman–Crippen MR) is 242 cm³/mol. The second-order valence-corrected chi connectivity index (χ2v) is 18.5. The average molecular weight is 888 g/mol. The van der Waals surface area contributed by atoms with Gasteiger partial charge in [0, 0.05) is 80.0 Å². The van der Waals surface area contributed by atoms with Crippen LogP contribution in [0.4, 0.5) is 31.5 Å². The number of piperidine rings is 3. The van der Waals surface area contributed by atoms with Crippen LogP contribution < -0.4 is 37.0 Å². The maximum atomic E-state index is 14.1. The smallest absolute Gasteiger partial charge is 0.254 e. The van der Waals surface area contributed by atoms with Gasteiger partial charge in [-0.2, -0.15) is 0 Å². The minimum atomic E-state index is -0.684. The normalized spacial score (nSPS) is 23.5. The van der Waals surface area contributed by atoms with Crippen LogP contribution in [0.25, 0.3) is 0 Å². The number of piperazine rings is 1. The molecule has 0 spiro atoms. The standard InChI is InChI=1S/C49H55F2N9O5/c50-35-22-31(23-36(51)25-35)21-30-1-8-42-41(24-30)45(57-56-42)53-47(63)40-7-6-39(26-43(40)52-37-11-19-65-20-12-37)59-15-17-60(18-16-59)44(61)29-58-13-9-33(10-14-58)32-2-4-38(5-3-32)55-49-27-34(28-49)46(62)54-48(49)64/h1-8,22-26,33-34,37,45,52,55-57H,9-21,27-29H2,(H,53,63)(H,54,62,64). The maximum absolute atomic E-state index is 14.1. The molecule has 6 fully saturated rings.